The third kappa shape index (κ3) is 3.69. The molecule has 1 atom stereocenters. The maximum Gasteiger partial charge on any atom is 0.264 e. The van der Waals surface area contributed by atoms with Crippen molar-refractivity contribution in [3.05, 3.63) is 76.8 Å². The number of aryl methyl sites for hydroxylation is 2. The van der Waals surface area contributed by atoms with Crippen LogP contribution in [0.4, 0.5) is 0 Å². The van der Waals surface area contributed by atoms with Crippen molar-refractivity contribution in [2.24, 2.45) is 0 Å². The number of hydrogen-bond donors (Lipinski definition) is 0. The number of hydrogen-bond acceptors (Lipinski definition) is 7. The Hall–Kier alpha value is -3.52. The minimum atomic E-state index is -0.0591. The lowest BCUT2D eigenvalue weighted by atomic mass is 10.1. The minimum absolute atomic E-state index is 0.0591. The molecule has 0 saturated carbocycles. The Morgan fingerprint density at radius 3 is 2.80 bits per heavy atom. The fourth-order valence-corrected chi connectivity index (χ4v) is 3.43. The first-order chi connectivity index (χ1) is 14.7. The summed E-state index contributed by atoms with van der Waals surface area (Å²) in [6.07, 6.45) is -0.0591. The zero-order valence-corrected chi connectivity index (χ0v) is 16.8. The molecule has 0 saturated heterocycles. The van der Waals surface area contributed by atoms with Crippen molar-refractivity contribution in [1.29, 1.82) is 0 Å². The molecule has 0 radical (unpaired) electrons. The van der Waals surface area contributed by atoms with Crippen LogP contribution in [0.2, 0.25) is 0 Å². The van der Waals surface area contributed by atoms with Gasteiger partial charge < -0.3 is 14.0 Å². The highest BCUT2D eigenvalue weighted by molar-refractivity contribution is 5.51. The van der Waals surface area contributed by atoms with Crippen molar-refractivity contribution in [2.45, 2.75) is 39.7 Å². The van der Waals surface area contributed by atoms with Crippen LogP contribution in [0.25, 0.3) is 11.5 Å². The molecule has 8 heteroatoms. The Bertz CT molecular complexity index is 1170. The summed E-state index contributed by atoms with van der Waals surface area (Å²) in [6, 6.07) is 16.1. The van der Waals surface area contributed by atoms with Gasteiger partial charge >= 0.3 is 0 Å². The van der Waals surface area contributed by atoms with E-state index in [1.807, 2.05) is 35.9 Å². The van der Waals surface area contributed by atoms with Crippen LogP contribution >= 0.6 is 0 Å². The van der Waals surface area contributed by atoms with Crippen LogP contribution in [0.5, 0.6) is 5.75 Å². The van der Waals surface area contributed by atoms with E-state index in [4.69, 9.17) is 14.0 Å². The van der Waals surface area contributed by atoms with Gasteiger partial charge in [0.05, 0.1) is 18.8 Å². The molecule has 4 aromatic rings. The molecule has 1 aliphatic rings. The maximum atomic E-state index is 6.06. The van der Waals surface area contributed by atoms with Crippen molar-refractivity contribution in [1.82, 2.24) is 25.1 Å². The highest BCUT2D eigenvalue weighted by atomic mass is 16.5. The van der Waals surface area contributed by atoms with Gasteiger partial charge in [0.2, 0.25) is 5.82 Å². The second kappa shape index (κ2) is 7.72. The van der Waals surface area contributed by atoms with E-state index in [0.717, 1.165) is 22.6 Å². The van der Waals surface area contributed by atoms with Gasteiger partial charge in [0.1, 0.15) is 11.9 Å². The Balaban J connectivity index is 1.29. The smallest absolute Gasteiger partial charge is 0.264 e. The molecule has 3 heterocycles. The maximum absolute atomic E-state index is 6.06. The summed E-state index contributed by atoms with van der Waals surface area (Å²) in [5.74, 6) is 1.52. The predicted molar refractivity (Wildman–Crippen MR) is 108 cm³/mol. The van der Waals surface area contributed by atoms with E-state index in [0.29, 0.717) is 30.6 Å². The van der Waals surface area contributed by atoms with Gasteiger partial charge in [0, 0.05) is 0 Å². The van der Waals surface area contributed by atoms with Crippen LogP contribution in [0.3, 0.4) is 0 Å². The van der Waals surface area contributed by atoms with E-state index in [-0.39, 0.29) is 12.7 Å². The standard InChI is InChI=1S/C22H21N5O3/c1-14-6-8-16(9-7-14)19-11-27-18(12-29-19)21(24-26-27)22-23-20(30-25-22)13-28-17-5-3-4-15(2)10-17/h3-10,19H,11-13H2,1-2H3. The summed E-state index contributed by atoms with van der Waals surface area (Å²) in [5.41, 5.74) is 4.88. The fourth-order valence-electron chi connectivity index (χ4n) is 3.43. The van der Waals surface area contributed by atoms with Crippen molar-refractivity contribution in [3.8, 4) is 17.3 Å². The summed E-state index contributed by atoms with van der Waals surface area (Å²) in [7, 11) is 0. The Labute approximate surface area is 173 Å². The van der Waals surface area contributed by atoms with Gasteiger partial charge in [-0.05, 0) is 37.1 Å². The third-order valence-electron chi connectivity index (χ3n) is 5.08. The number of aromatic nitrogens is 5. The summed E-state index contributed by atoms with van der Waals surface area (Å²) >= 11 is 0. The van der Waals surface area contributed by atoms with Crippen LogP contribution in [0.1, 0.15) is 34.4 Å². The lowest BCUT2D eigenvalue weighted by Gasteiger charge is -2.24. The Morgan fingerprint density at radius 2 is 1.97 bits per heavy atom. The zero-order chi connectivity index (χ0) is 20.5. The number of benzene rings is 2. The molecule has 2 aromatic heterocycles. The van der Waals surface area contributed by atoms with E-state index in [2.05, 4.69) is 51.6 Å². The van der Waals surface area contributed by atoms with Gasteiger partial charge in [-0.2, -0.15) is 4.98 Å². The fraction of sp³-hybridized carbons (Fsp3) is 0.273. The van der Waals surface area contributed by atoms with Gasteiger partial charge in [-0.15, -0.1) is 5.10 Å². The van der Waals surface area contributed by atoms with Crippen molar-refractivity contribution < 1.29 is 14.0 Å². The molecule has 5 rings (SSSR count). The molecule has 30 heavy (non-hydrogen) atoms. The quantitative estimate of drug-likeness (QED) is 0.501. The van der Waals surface area contributed by atoms with E-state index in [1.165, 1.54) is 5.56 Å². The highest BCUT2D eigenvalue weighted by Crippen LogP contribution is 2.30. The molecule has 0 aliphatic carbocycles. The Kier molecular flexibility index (Phi) is 4.76. The average molecular weight is 403 g/mol. The Morgan fingerprint density at radius 1 is 1.10 bits per heavy atom. The molecule has 0 bridgehead atoms. The first kappa shape index (κ1) is 18.5. The van der Waals surface area contributed by atoms with Crippen LogP contribution in [-0.4, -0.2) is 25.1 Å². The first-order valence-electron chi connectivity index (χ1n) is 9.78. The normalized spacial score (nSPS) is 15.7. The third-order valence-corrected chi connectivity index (χ3v) is 5.08. The van der Waals surface area contributed by atoms with Crippen molar-refractivity contribution >= 4 is 0 Å². The SMILES string of the molecule is Cc1ccc(C2Cn3nnc(-c4noc(COc5cccc(C)c5)n4)c3CO2)cc1. The molecular weight excluding hydrogens is 382 g/mol. The number of rotatable bonds is 5. The van der Waals surface area contributed by atoms with Gasteiger partial charge in [-0.1, -0.05) is 52.3 Å². The summed E-state index contributed by atoms with van der Waals surface area (Å²) < 4.78 is 19.0. The number of fused-ring (bicyclic) bond motifs is 1. The molecule has 0 N–H and O–H groups in total. The topological polar surface area (TPSA) is 88.1 Å². The lowest BCUT2D eigenvalue weighted by molar-refractivity contribution is -0.00112. The largest absolute Gasteiger partial charge is 0.484 e. The zero-order valence-electron chi connectivity index (χ0n) is 16.8. The monoisotopic (exact) mass is 403 g/mol. The lowest BCUT2D eigenvalue weighted by Crippen LogP contribution is -2.22. The van der Waals surface area contributed by atoms with Crippen molar-refractivity contribution in [3.63, 3.8) is 0 Å². The molecule has 1 unspecified atom stereocenters. The first-order valence-corrected chi connectivity index (χ1v) is 9.78. The van der Waals surface area contributed by atoms with E-state index in [9.17, 15) is 0 Å². The molecule has 152 valence electrons. The number of nitrogens with zero attached hydrogens (tertiary/aromatic N) is 5. The van der Waals surface area contributed by atoms with Gasteiger partial charge in [-0.25, -0.2) is 4.68 Å². The molecule has 0 amide bonds. The molecule has 8 nitrogen and oxygen atoms in total. The molecule has 0 spiro atoms. The van der Waals surface area contributed by atoms with Gasteiger partial charge in [0.25, 0.3) is 5.89 Å². The second-order valence-electron chi connectivity index (χ2n) is 7.39. The van der Waals surface area contributed by atoms with E-state index in [1.54, 1.807) is 0 Å². The number of ether oxygens (including phenoxy) is 2. The summed E-state index contributed by atoms with van der Waals surface area (Å²) in [6.45, 7) is 5.24. The molecular formula is C22H21N5O3. The molecule has 1 aliphatic heterocycles. The summed E-state index contributed by atoms with van der Waals surface area (Å²) in [4.78, 5) is 4.41. The average Bonchev–Trinajstić information content (AvgIpc) is 3.39. The second-order valence-corrected chi connectivity index (χ2v) is 7.39. The van der Waals surface area contributed by atoms with Crippen molar-refractivity contribution in [2.75, 3.05) is 0 Å². The minimum Gasteiger partial charge on any atom is -0.484 e. The van der Waals surface area contributed by atoms with Crippen LogP contribution in [0.15, 0.2) is 53.1 Å². The van der Waals surface area contributed by atoms with Gasteiger partial charge in [-0.3, -0.25) is 0 Å². The van der Waals surface area contributed by atoms with E-state index < -0.39 is 0 Å². The molecule has 2 aromatic carbocycles. The van der Waals surface area contributed by atoms with E-state index >= 15 is 0 Å². The highest BCUT2D eigenvalue weighted by Gasteiger charge is 2.27. The molecule has 0 fully saturated rings. The van der Waals surface area contributed by atoms with Gasteiger partial charge in [0.15, 0.2) is 12.3 Å². The van der Waals surface area contributed by atoms with Crippen LogP contribution in [-0.2, 0) is 24.5 Å². The van der Waals surface area contributed by atoms with Crippen LogP contribution < -0.4 is 4.74 Å². The summed E-state index contributed by atoms with van der Waals surface area (Å²) in [5, 5.41) is 12.6. The van der Waals surface area contributed by atoms with Crippen LogP contribution in [0, 0.1) is 13.8 Å². The predicted octanol–water partition coefficient (Wildman–Crippen LogP) is 3.80.